The summed E-state index contributed by atoms with van der Waals surface area (Å²) in [6.07, 6.45) is -12.6. The Balaban J connectivity index is 0. The number of carboxylic acids is 1. The average molecular weight is 360 g/mol. The van der Waals surface area contributed by atoms with Gasteiger partial charge in [0, 0.05) is 0 Å². The van der Waals surface area contributed by atoms with Gasteiger partial charge in [-0.15, -0.1) is 0 Å². The van der Waals surface area contributed by atoms with Crippen LogP contribution < -0.4 is 0 Å². The zero-order valence-corrected chi connectivity index (χ0v) is 12.7. The second-order valence-corrected chi connectivity index (χ2v) is 4.81. The van der Waals surface area contributed by atoms with Crippen molar-refractivity contribution in [1.29, 1.82) is 0 Å². The van der Waals surface area contributed by atoms with Crippen molar-refractivity contribution in [2.24, 2.45) is 0 Å². The van der Waals surface area contributed by atoms with Gasteiger partial charge in [-0.25, -0.2) is 4.79 Å². The third kappa shape index (κ3) is 8.58. The summed E-state index contributed by atoms with van der Waals surface area (Å²) in [5.41, 5.74) is 0. The molecule has 0 radical (unpaired) electrons. The molecule has 24 heavy (non-hydrogen) atoms. The molecular weight excluding hydrogens is 336 g/mol. The summed E-state index contributed by atoms with van der Waals surface area (Å²) in [4.78, 5) is 20.7. The van der Waals surface area contributed by atoms with Gasteiger partial charge in [0.2, 0.25) is 0 Å². The molecule has 0 spiro atoms. The van der Waals surface area contributed by atoms with E-state index >= 15 is 0 Å². The predicted octanol–water partition coefficient (Wildman–Crippen LogP) is -5.84. The van der Waals surface area contributed by atoms with E-state index in [9.17, 15) is 9.59 Å². The van der Waals surface area contributed by atoms with E-state index in [0.29, 0.717) is 0 Å². The summed E-state index contributed by atoms with van der Waals surface area (Å²) in [6, 6.07) is 0. The molecule has 12 heteroatoms. The standard InChI is InChI=1S/C7H12O7.C5H12O5/c1-2(8)3(9)4(10)5(11)6(12)7(13)14;6-1-3(8)5(10)4(9)2-7/h3-6,9-12H,1H3,(H,13,14);3-10H,1-2H2. The number of hydrogen-bond acceptors (Lipinski definition) is 11. The molecule has 0 aliphatic rings. The van der Waals surface area contributed by atoms with Gasteiger partial charge in [0.15, 0.2) is 11.9 Å². The van der Waals surface area contributed by atoms with E-state index in [0.717, 1.165) is 6.92 Å². The molecule has 0 rings (SSSR count). The maximum atomic E-state index is 10.5. The highest BCUT2D eigenvalue weighted by Gasteiger charge is 2.35. The van der Waals surface area contributed by atoms with Crippen molar-refractivity contribution in [1.82, 2.24) is 0 Å². The van der Waals surface area contributed by atoms with Crippen LogP contribution in [0.25, 0.3) is 0 Å². The molecule has 0 amide bonds. The minimum atomic E-state index is -2.25. The topological polar surface area (TPSA) is 236 Å². The van der Waals surface area contributed by atoms with E-state index < -0.39 is 67.7 Å². The Labute approximate surface area is 136 Å². The molecule has 0 aromatic rings. The van der Waals surface area contributed by atoms with E-state index in [1.807, 2.05) is 0 Å². The van der Waals surface area contributed by atoms with Gasteiger partial charge in [0.1, 0.15) is 36.6 Å². The molecule has 0 aromatic carbocycles. The van der Waals surface area contributed by atoms with Gasteiger partial charge in [-0.3, -0.25) is 4.79 Å². The van der Waals surface area contributed by atoms with Gasteiger partial charge in [0.25, 0.3) is 0 Å². The maximum absolute atomic E-state index is 10.5. The Hall–Kier alpha value is -1.22. The van der Waals surface area contributed by atoms with Crippen molar-refractivity contribution >= 4 is 11.8 Å². The zero-order chi connectivity index (χ0) is 19.6. The largest absolute Gasteiger partial charge is 0.479 e. The maximum Gasteiger partial charge on any atom is 0.335 e. The molecule has 12 nitrogen and oxygen atoms in total. The van der Waals surface area contributed by atoms with Gasteiger partial charge in [-0.05, 0) is 6.92 Å². The lowest BCUT2D eigenvalue weighted by atomic mass is 10.0. The smallest absolute Gasteiger partial charge is 0.335 e. The number of hydrogen-bond donors (Lipinski definition) is 10. The van der Waals surface area contributed by atoms with Gasteiger partial charge in [0.05, 0.1) is 13.2 Å². The number of carbonyl (C=O) groups excluding carboxylic acids is 1. The van der Waals surface area contributed by atoms with E-state index in [1.54, 1.807) is 0 Å². The van der Waals surface area contributed by atoms with Gasteiger partial charge >= 0.3 is 5.97 Å². The molecule has 0 aromatic heterocycles. The fourth-order valence-corrected chi connectivity index (χ4v) is 1.23. The summed E-state index contributed by atoms with van der Waals surface area (Å²) in [7, 11) is 0. The molecule has 0 aliphatic carbocycles. The van der Waals surface area contributed by atoms with E-state index in [4.69, 9.17) is 51.1 Å². The molecule has 0 saturated heterocycles. The Bertz CT molecular complexity index is 341. The fraction of sp³-hybridized carbons (Fsp3) is 0.833. The van der Waals surface area contributed by atoms with Crippen molar-refractivity contribution in [3.8, 4) is 0 Å². The predicted molar refractivity (Wildman–Crippen MR) is 74.5 cm³/mol. The lowest BCUT2D eigenvalue weighted by Crippen LogP contribution is -2.49. The normalized spacial score (nSPS) is 19.8. The number of ketones is 1. The van der Waals surface area contributed by atoms with Crippen LogP contribution in [0.2, 0.25) is 0 Å². The van der Waals surface area contributed by atoms with E-state index in [2.05, 4.69) is 0 Å². The number of aliphatic carboxylic acids is 1. The highest BCUT2D eigenvalue weighted by atomic mass is 16.4. The first kappa shape index (κ1) is 25.0. The highest BCUT2D eigenvalue weighted by molar-refractivity contribution is 5.81. The first-order valence-corrected chi connectivity index (χ1v) is 6.63. The van der Waals surface area contributed by atoms with Crippen molar-refractivity contribution < 1.29 is 60.7 Å². The van der Waals surface area contributed by atoms with Crippen LogP contribution in [-0.4, -0.2) is 119 Å². The molecular formula is C12H24O12. The Morgan fingerprint density at radius 3 is 1.29 bits per heavy atom. The van der Waals surface area contributed by atoms with Crippen LogP contribution in [0.5, 0.6) is 0 Å². The Morgan fingerprint density at radius 1 is 0.708 bits per heavy atom. The first-order chi connectivity index (χ1) is 10.9. The number of carbonyl (C=O) groups is 2. The number of carboxylic acid groups (broad SMARTS) is 1. The van der Waals surface area contributed by atoms with Crippen LogP contribution in [0.4, 0.5) is 0 Å². The summed E-state index contributed by atoms with van der Waals surface area (Å²) >= 11 is 0. The van der Waals surface area contributed by atoms with Crippen molar-refractivity contribution in [3.05, 3.63) is 0 Å². The first-order valence-electron chi connectivity index (χ1n) is 6.63. The summed E-state index contributed by atoms with van der Waals surface area (Å²) in [5.74, 6) is -2.60. The number of Topliss-reactive ketones (excluding diaryl/α,β-unsaturated/α-hetero) is 1. The van der Waals surface area contributed by atoms with Crippen LogP contribution in [0, 0.1) is 0 Å². The van der Waals surface area contributed by atoms with Crippen molar-refractivity contribution in [3.63, 3.8) is 0 Å². The summed E-state index contributed by atoms with van der Waals surface area (Å²) in [5, 5.41) is 86.5. The molecule has 6 unspecified atom stereocenters. The second-order valence-electron chi connectivity index (χ2n) is 4.81. The third-order valence-corrected chi connectivity index (χ3v) is 2.83. The van der Waals surface area contributed by atoms with Crippen molar-refractivity contribution in [2.45, 2.75) is 49.7 Å². The fourth-order valence-electron chi connectivity index (χ4n) is 1.23. The molecule has 144 valence electrons. The molecule has 0 aliphatic heterocycles. The van der Waals surface area contributed by atoms with Gasteiger partial charge in [-0.2, -0.15) is 0 Å². The summed E-state index contributed by atoms with van der Waals surface area (Å²) in [6.45, 7) is -0.329. The van der Waals surface area contributed by atoms with Gasteiger partial charge in [-0.1, -0.05) is 0 Å². The van der Waals surface area contributed by atoms with E-state index in [-0.39, 0.29) is 0 Å². The molecule has 0 heterocycles. The SMILES string of the molecule is CC(=O)C(O)C(O)C(O)C(O)C(=O)O.OCC(O)C(O)C(O)CO. The van der Waals surface area contributed by atoms with Gasteiger partial charge < -0.3 is 51.1 Å². The van der Waals surface area contributed by atoms with Crippen LogP contribution in [0.15, 0.2) is 0 Å². The van der Waals surface area contributed by atoms with Crippen LogP contribution in [0.1, 0.15) is 6.92 Å². The monoisotopic (exact) mass is 360 g/mol. The van der Waals surface area contributed by atoms with Crippen LogP contribution >= 0.6 is 0 Å². The van der Waals surface area contributed by atoms with Crippen molar-refractivity contribution in [2.75, 3.05) is 13.2 Å². The van der Waals surface area contributed by atoms with E-state index in [1.165, 1.54) is 0 Å². The molecule has 0 bridgehead atoms. The summed E-state index contributed by atoms with van der Waals surface area (Å²) < 4.78 is 0. The molecule has 0 saturated carbocycles. The zero-order valence-electron chi connectivity index (χ0n) is 12.7. The minimum absolute atomic E-state index is 0.641. The Morgan fingerprint density at radius 2 is 1.04 bits per heavy atom. The highest BCUT2D eigenvalue weighted by Crippen LogP contribution is 2.06. The number of aliphatic hydroxyl groups excluding tert-OH is 9. The second kappa shape index (κ2) is 12.2. The molecule has 10 N–H and O–H groups in total. The lowest BCUT2D eigenvalue weighted by Gasteiger charge is -2.22. The average Bonchev–Trinajstić information content (AvgIpc) is 2.56. The number of rotatable bonds is 9. The number of aliphatic hydroxyl groups is 9. The Kier molecular flexibility index (Phi) is 12.7. The van der Waals surface area contributed by atoms with Crippen LogP contribution in [0.3, 0.4) is 0 Å². The lowest BCUT2D eigenvalue weighted by molar-refractivity contribution is -0.165. The molecule has 0 fully saturated rings. The molecule has 6 atom stereocenters. The quantitative estimate of drug-likeness (QED) is 0.185. The van der Waals surface area contributed by atoms with Crippen LogP contribution in [-0.2, 0) is 9.59 Å². The minimum Gasteiger partial charge on any atom is -0.479 e. The third-order valence-electron chi connectivity index (χ3n) is 2.83.